The minimum absolute atomic E-state index is 0.189. The normalized spacial score (nSPS) is 10.6. The first-order valence-electron chi connectivity index (χ1n) is 5.52. The minimum atomic E-state index is -0.189. The van der Waals surface area contributed by atoms with Crippen molar-refractivity contribution in [3.8, 4) is 0 Å². The third-order valence-corrected chi connectivity index (χ3v) is 3.61. The fraction of sp³-hybridized carbons (Fsp3) is 0. The summed E-state index contributed by atoms with van der Waals surface area (Å²) < 4.78 is 0.882. The van der Waals surface area contributed by atoms with Crippen molar-refractivity contribution in [1.29, 1.82) is 0 Å². The van der Waals surface area contributed by atoms with Gasteiger partial charge in [0.2, 0.25) is 0 Å². The maximum absolute atomic E-state index is 12.0. The lowest BCUT2D eigenvalue weighted by atomic mass is 10.2. The van der Waals surface area contributed by atoms with E-state index in [0.29, 0.717) is 21.5 Å². The molecule has 0 aliphatic rings. The number of hydrogen-bond acceptors (Lipinski definition) is 4. The molecular weight excluding hydrogens is 282 g/mol. The number of carbonyl (C=O) groups is 1. The third-order valence-electron chi connectivity index (χ3n) is 2.48. The molecule has 1 amide bonds. The highest BCUT2D eigenvalue weighted by Crippen LogP contribution is 2.26. The molecule has 2 heterocycles. The number of nitrogens with zero attached hydrogens (tertiary/aromatic N) is 2. The number of nitrogens with one attached hydrogen (secondary N) is 1. The molecular formula is C13H8ClN3OS. The molecule has 1 aromatic carbocycles. The smallest absolute Gasteiger partial charge is 0.257 e. The molecule has 1 N–H and O–H groups in total. The Balaban J connectivity index is 1.87. The van der Waals surface area contributed by atoms with Crippen LogP contribution in [0.4, 0.5) is 5.13 Å². The van der Waals surface area contributed by atoms with Gasteiger partial charge < -0.3 is 0 Å². The van der Waals surface area contributed by atoms with E-state index < -0.39 is 0 Å². The number of amides is 1. The fourth-order valence-corrected chi connectivity index (χ4v) is 2.55. The van der Waals surface area contributed by atoms with Gasteiger partial charge in [-0.25, -0.2) is 4.98 Å². The summed E-state index contributed by atoms with van der Waals surface area (Å²) in [5.74, 6) is -0.189. The van der Waals surface area contributed by atoms with Gasteiger partial charge in [-0.05, 0) is 24.3 Å². The highest BCUT2D eigenvalue weighted by Gasteiger charge is 2.10. The van der Waals surface area contributed by atoms with Crippen LogP contribution in [0.3, 0.4) is 0 Å². The Morgan fingerprint density at radius 3 is 2.68 bits per heavy atom. The molecule has 0 spiro atoms. The number of pyridine rings is 1. The molecule has 0 atom stereocenters. The van der Waals surface area contributed by atoms with E-state index in [2.05, 4.69) is 15.3 Å². The quantitative estimate of drug-likeness (QED) is 0.733. The first kappa shape index (κ1) is 12.1. The largest absolute Gasteiger partial charge is 0.298 e. The lowest BCUT2D eigenvalue weighted by Crippen LogP contribution is -2.11. The summed E-state index contributed by atoms with van der Waals surface area (Å²) in [7, 11) is 0. The van der Waals surface area contributed by atoms with Gasteiger partial charge >= 0.3 is 0 Å². The van der Waals surface area contributed by atoms with Gasteiger partial charge in [-0.2, -0.15) is 4.98 Å². The van der Waals surface area contributed by atoms with Crippen molar-refractivity contribution in [2.24, 2.45) is 0 Å². The second kappa shape index (κ2) is 4.95. The molecule has 3 rings (SSSR count). The fourth-order valence-electron chi connectivity index (χ4n) is 1.61. The zero-order chi connectivity index (χ0) is 13.2. The summed E-state index contributed by atoms with van der Waals surface area (Å²) in [4.78, 5) is 20.3. The van der Waals surface area contributed by atoms with Crippen LogP contribution in [0.25, 0.3) is 10.3 Å². The number of benzene rings is 1. The molecule has 0 saturated heterocycles. The number of fused-ring (bicyclic) bond motifs is 1. The van der Waals surface area contributed by atoms with Crippen LogP contribution in [-0.4, -0.2) is 15.9 Å². The minimum Gasteiger partial charge on any atom is -0.298 e. The van der Waals surface area contributed by atoms with Crippen molar-refractivity contribution < 1.29 is 4.79 Å². The summed E-state index contributed by atoms with van der Waals surface area (Å²) in [6.45, 7) is 0. The molecule has 0 radical (unpaired) electrons. The summed E-state index contributed by atoms with van der Waals surface area (Å²) in [6, 6.07) is 12.5. The van der Waals surface area contributed by atoms with Crippen molar-refractivity contribution >= 4 is 44.3 Å². The lowest BCUT2D eigenvalue weighted by molar-refractivity contribution is 0.102. The molecule has 4 nitrogen and oxygen atoms in total. The van der Waals surface area contributed by atoms with Crippen molar-refractivity contribution in [3.05, 3.63) is 53.2 Å². The van der Waals surface area contributed by atoms with E-state index in [1.807, 2.05) is 24.3 Å². The van der Waals surface area contributed by atoms with Crippen molar-refractivity contribution in [2.45, 2.75) is 0 Å². The van der Waals surface area contributed by atoms with Gasteiger partial charge in [-0.3, -0.25) is 10.1 Å². The van der Waals surface area contributed by atoms with E-state index in [0.717, 1.165) is 4.70 Å². The van der Waals surface area contributed by atoms with Crippen molar-refractivity contribution in [1.82, 2.24) is 9.97 Å². The Labute approximate surface area is 118 Å². The van der Waals surface area contributed by atoms with Gasteiger partial charge in [0.15, 0.2) is 10.8 Å². The van der Waals surface area contributed by atoms with E-state index in [1.54, 1.807) is 18.2 Å². The van der Waals surface area contributed by atoms with E-state index in [9.17, 15) is 4.79 Å². The predicted molar refractivity (Wildman–Crippen MR) is 76.8 cm³/mol. The third kappa shape index (κ3) is 2.57. The number of carbonyl (C=O) groups excluding carboxylic acids is 1. The molecule has 2 aromatic heterocycles. The van der Waals surface area contributed by atoms with E-state index in [1.165, 1.54) is 11.3 Å². The lowest BCUT2D eigenvalue weighted by Gasteiger charge is -1.99. The Kier molecular flexibility index (Phi) is 3.15. The molecule has 0 aliphatic carbocycles. The maximum atomic E-state index is 12.0. The first-order chi connectivity index (χ1) is 9.22. The monoisotopic (exact) mass is 289 g/mol. The Hall–Kier alpha value is -1.98. The average molecular weight is 290 g/mol. The number of rotatable bonds is 2. The van der Waals surface area contributed by atoms with Crippen LogP contribution in [-0.2, 0) is 0 Å². The molecule has 0 bridgehead atoms. The number of halogens is 1. The van der Waals surface area contributed by atoms with Crippen LogP contribution in [0, 0.1) is 0 Å². The average Bonchev–Trinajstić information content (AvgIpc) is 2.81. The van der Waals surface area contributed by atoms with Crippen molar-refractivity contribution in [3.63, 3.8) is 0 Å². The van der Waals surface area contributed by atoms with E-state index in [-0.39, 0.29) is 5.91 Å². The number of aromatic nitrogens is 2. The van der Waals surface area contributed by atoms with Gasteiger partial charge in [-0.1, -0.05) is 41.1 Å². The topological polar surface area (TPSA) is 54.9 Å². The zero-order valence-electron chi connectivity index (χ0n) is 9.63. The summed E-state index contributed by atoms with van der Waals surface area (Å²) in [5.41, 5.74) is 1.13. The molecule has 6 heteroatoms. The van der Waals surface area contributed by atoms with Gasteiger partial charge in [0.05, 0.1) is 4.70 Å². The van der Waals surface area contributed by atoms with Gasteiger partial charge in [0.1, 0.15) is 5.15 Å². The van der Waals surface area contributed by atoms with E-state index in [4.69, 9.17) is 11.6 Å². The molecule has 0 fully saturated rings. The maximum Gasteiger partial charge on any atom is 0.257 e. The molecule has 19 heavy (non-hydrogen) atoms. The van der Waals surface area contributed by atoms with Crippen LogP contribution in [0.15, 0.2) is 42.5 Å². The van der Waals surface area contributed by atoms with Gasteiger partial charge in [-0.15, -0.1) is 0 Å². The molecule has 0 saturated carbocycles. The summed E-state index contributed by atoms with van der Waals surface area (Å²) in [6.07, 6.45) is 0. The molecule has 0 unspecified atom stereocenters. The summed E-state index contributed by atoms with van der Waals surface area (Å²) in [5, 5.41) is 3.65. The van der Waals surface area contributed by atoms with Crippen LogP contribution in [0.2, 0.25) is 5.15 Å². The second-order valence-corrected chi connectivity index (χ2v) is 5.21. The number of anilines is 1. The highest BCUT2D eigenvalue weighted by atomic mass is 35.5. The zero-order valence-corrected chi connectivity index (χ0v) is 11.2. The Morgan fingerprint density at radius 1 is 1.11 bits per heavy atom. The van der Waals surface area contributed by atoms with Crippen molar-refractivity contribution in [2.75, 3.05) is 5.32 Å². The van der Waals surface area contributed by atoms with Crippen LogP contribution in [0.5, 0.6) is 0 Å². The predicted octanol–water partition coefficient (Wildman–Crippen LogP) is 3.60. The number of hydrogen-bond donors (Lipinski definition) is 1. The van der Waals surface area contributed by atoms with Crippen LogP contribution in [0.1, 0.15) is 10.4 Å². The van der Waals surface area contributed by atoms with Gasteiger partial charge in [0.25, 0.3) is 5.91 Å². The first-order valence-corrected chi connectivity index (χ1v) is 6.71. The Bertz CT molecular complexity index is 742. The van der Waals surface area contributed by atoms with Gasteiger partial charge in [0, 0.05) is 5.56 Å². The highest BCUT2D eigenvalue weighted by molar-refractivity contribution is 7.22. The standard InChI is InChI=1S/C13H8ClN3OS/c14-10-7-6-9-11(15-10)16-13(19-9)17-12(18)8-4-2-1-3-5-8/h1-7H,(H,15,16,17,18). The van der Waals surface area contributed by atoms with Crippen LogP contribution >= 0.6 is 22.9 Å². The van der Waals surface area contributed by atoms with Crippen LogP contribution < -0.4 is 5.32 Å². The molecule has 94 valence electrons. The number of thiazole rings is 1. The molecule has 0 aliphatic heterocycles. The van der Waals surface area contributed by atoms with E-state index >= 15 is 0 Å². The Morgan fingerprint density at radius 2 is 1.89 bits per heavy atom. The SMILES string of the molecule is O=C(Nc1nc2nc(Cl)ccc2s1)c1ccccc1. The second-order valence-electron chi connectivity index (χ2n) is 3.79. The summed E-state index contributed by atoms with van der Waals surface area (Å²) >= 11 is 7.16. The molecule has 3 aromatic rings.